The van der Waals surface area contributed by atoms with Gasteiger partial charge in [0.2, 0.25) is 0 Å². The van der Waals surface area contributed by atoms with E-state index in [1.807, 2.05) is 29.9 Å². The lowest BCUT2D eigenvalue weighted by atomic mass is 9.83. The van der Waals surface area contributed by atoms with E-state index in [0.717, 1.165) is 35.2 Å². The molecule has 4 N–H and O–H groups in total. The number of amides is 1. The van der Waals surface area contributed by atoms with Crippen molar-refractivity contribution >= 4 is 17.1 Å². The summed E-state index contributed by atoms with van der Waals surface area (Å²) in [4.78, 5) is 12.2. The van der Waals surface area contributed by atoms with Crippen molar-refractivity contribution in [1.29, 1.82) is 0 Å². The van der Waals surface area contributed by atoms with Crippen LogP contribution in [0, 0.1) is 12.3 Å². The standard InChI is InChI=1S/C23H29N5O/c1-14-7-5-6-8-16(14)15-11-18-21(17(22(24)29)12-26-28(18)13-15)27-20-10-9-19(25-4)23(20,2)3/h5-8,11-13,19-20,25,27H,9-10H2,1-4H3,(H2,24,29)/t19?,20-/m1/s1. The highest BCUT2D eigenvalue weighted by molar-refractivity contribution is 6.02. The van der Waals surface area contributed by atoms with Crippen molar-refractivity contribution in [3.8, 4) is 11.1 Å². The first kappa shape index (κ1) is 19.5. The molecule has 4 rings (SSSR count). The molecule has 3 aromatic rings. The maximum absolute atomic E-state index is 12.2. The van der Waals surface area contributed by atoms with Crippen LogP contribution >= 0.6 is 0 Å². The first-order valence-electron chi connectivity index (χ1n) is 10.1. The predicted octanol–water partition coefficient (Wildman–Crippen LogP) is 3.60. The molecule has 0 spiro atoms. The first-order chi connectivity index (χ1) is 13.8. The van der Waals surface area contributed by atoms with E-state index in [1.54, 1.807) is 6.20 Å². The van der Waals surface area contributed by atoms with Gasteiger partial charge in [-0.15, -0.1) is 0 Å². The molecule has 0 bridgehead atoms. The number of fused-ring (bicyclic) bond motifs is 1. The van der Waals surface area contributed by atoms with E-state index in [1.165, 1.54) is 5.56 Å². The number of primary amides is 1. The fourth-order valence-corrected chi connectivity index (χ4v) is 4.71. The van der Waals surface area contributed by atoms with Crippen molar-refractivity contribution in [3.63, 3.8) is 0 Å². The summed E-state index contributed by atoms with van der Waals surface area (Å²) in [5.74, 6) is -0.470. The average molecular weight is 392 g/mol. The number of nitrogens with zero attached hydrogens (tertiary/aromatic N) is 2. The fourth-order valence-electron chi connectivity index (χ4n) is 4.71. The van der Waals surface area contributed by atoms with Gasteiger partial charge in [-0.05, 0) is 44.0 Å². The molecule has 1 aliphatic carbocycles. The Bertz CT molecular complexity index is 1070. The predicted molar refractivity (Wildman–Crippen MR) is 117 cm³/mol. The molecule has 0 aliphatic heterocycles. The second kappa shape index (κ2) is 7.19. The van der Waals surface area contributed by atoms with Crippen LogP contribution in [0.1, 0.15) is 42.6 Å². The van der Waals surface area contributed by atoms with Crippen LogP contribution in [0.2, 0.25) is 0 Å². The molecule has 2 atom stereocenters. The van der Waals surface area contributed by atoms with Crippen LogP contribution in [-0.2, 0) is 0 Å². The van der Waals surface area contributed by atoms with Crippen molar-refractivity contribution in [3.05, 3.63) is 53.9 Å². The Kier molecular flexibility index (Phi) is 4.82. The summed E-state index contributed by atoms with van der Waals surface area (Å²) in [6, 6.07) is 11.0. The SMILES string of the molecule is CNC1CC[C@@H](Nc2c(C(N)=O)cnn3cc(-c4ccccc4C)cc23)C1(C)C. The average Bonchev–Trinajstić information content (AvgIpc) is 3.23. The van der Waals surface area contributed by atoms with Gasteiger partial charge in [-0.3, -0.25) is 4.79 Å². The van der Waals surface area contributed by atoms with Gasteiger partial charge < -0.3 is 16.4 Å². The third kappa shape index (κ3) is 3.27. The Hall–Kier alpha value is -2.86. The molecule has 29 heavy (non-hydrogen) atoms. The summed E-state index contributed by atoms with van der Waals surface area (Å²) in [5.41, 5.74) is 11.2. The third-order valence-corrected chi connectivity index (χ3v) is 6.57. The van der Waals surface area contributed by atoms with Crippen LogP contribution in [0.3, 0.4) is 0 Å². The minimum atomic E-state index is -0.470. The number of carbonyl (C=O) groups excluding carboxylic acids is 1. The zero-order valence-corrected chi connectivity index (χ0v) is 17.5. The van der Waals surface area contributed by atoms with Gasteiger partial charge in [0.15, 0.2) is 0 Å². The molecule has 6 nitrogen and oxygen atoms in total. The van der Waals surface area contributed by atoms with Gasteiger partial charge in [-0.2, -0.15) is 5.10 Å². The minimum absolute atomic E-state index is 0.0371. The van der Waals surface area contributed by atoms with E-state index in [4.69, 9.17) is 5.73 Å². The first-order valence-corrected chi connectivity index (χ1v) is 10.1. The number of nitrogens with one attached hydrogen (secondary N) is 2. The highest BCUT2D eigenvalue weighted by Gasteiger charge is 2.42. The topological polar surface area (TPSA) is 84.5 Å². The van der Waals surface area contributed by atoms with Crippen LogP contribution in [0.25, 0.3) is 16.6 Å². The molecule has 1 fully saturated rings. The highest BCUT2D eigenvalue weighted by Crippen LogP contribution is 2.41. The molecule has 2 heterocycles. The number of anilines is 1. The number of rotatable bonds is 5. The minimum Gasteiger partial charge on any atom is -0.379 e. The number of benzene rings is 1. The van der Waals surface area contributed by atoms with Crippen molar-refractivity contribution in [1.82, 2.24) is 14.9 Å². The summed E-state index contributed by atoms with van der Waals surface area (Å²) in [6.45, 7) is 6.62. The van der Waals surface area contributed by atoms with Gasteiger partial charge in [0.1, 0.15) is 0 Å². The summed E-state index contributed by atoms with van der Waals surface area (Å²) < 4.78 is 1.83. The third-order valence-electron chi connectivity index (χ3n) is 6.57. The van der Waals surface area contributed by atoms with Crippen molar-refractivity contribution in [2.24, 2.45) is 11.1 Å². The second-order valence-corrected chi connectivity index (χ2v) is 8.61. The summed E-state index contributed by atoms with van der Waals surface area (Å²) in [7, 11) is 2.01. The zero-order valence-electron chi connectivity index (χ0n) is 17.5. The molecule has 1 aromatic carbocycles. The van der Waals surface area contributed by atoms with Crippen LogP contribution in [0.15, 0.2) is 42.7 Å². The number of aryl methyl sites for hydroxylation is 1. The Labute approximate surface area is 171 Å². The number of aromatic nitrogens is 2. The molecule has 6 heteroatoms. The summed E-state index contributed by atoms with van der Waals surface area (Å²) >= 11 is 0. The van der Waals surface area contributed by atoms with Crippen molar-refractivity contribution < 1.29 is 4.79 Å². The van der Waals surface area contributed by atoms with Crippen LogP contribution < -0.4 is 16.4 Å². The van der Waals surface area contributed by atoms with Gasteiger partial charge in [0.05, 0.1) is 23.0 Å². The quantitative estimate of drug-likeness (QED) is 0.620. The number of carbonyl (C=O) groups is 1. The Morgan fingerprint density at radius 1 is 1.24 bits per heavy atom. The monoisotopic (exact) mass is 391 g/mol. The molecule has 1 amide bonds. The van der Waals surface area contributed by atoms with Gasteiger partial charge in [-0.25, -0.2) is 4.52 Å². The molecule has 152 valence electrons. The van der Waals surface area contributed by atoms with Gasteiger partial charge in [-0.1, -0.05) is 38.1 Å². The Morgan fingerprint density at radius 2 is 1.97 bits per heavy atom. The smallest absolute Gasteiger partial charge is 0.252 e. The molecule has 2 aromatic heterocycles. The van der Waals surface area contributed by atoms with E-state index < -0.39 is 5.91 Å². The van der Waals surface area contributed by atoms with Gasteiger partial charge in [0, 0.05) is 29.3 Å². The Morgan fingerprint density at radius 3 is 2.62 bits per heavy atom. The molecular formula is C23H29N5O. The summed E-state index contributed by atoms with van der Waals surface area (Å²) in [6.07, 6.45) is 5.68. The maximum atomic E-state index is 12.2. The van der Waals surface area contributed by atoms with E-state index >= 15 is 0 Å². The van der Waals surface area contributed by atoms with E-state index in [0.29, 0.717) is 11.6 Å². The van der Waals surface area contributed by atoms with E-state index in [9.17, 15) is 4.79 Å². The lowest BCUT2D eigenvalue weighted by Crippen LogP contribution is -2.43. The lowest BCUT2D eigenvalue weighted by Gasteiger charge is -2.34. The molecule has 0 radical (unpaired) electrons. The van der Waals surface area contributed by atoms with E-state index in [2.05, 4.69) is 54.7 Å². The second-order valence-electron chi connectivity index (χ2n) is 8.61. The Balaban J connectivity index is 1.82. The molecule has 1 unspecified atom stereocenters. The number of hydrogen-bond donors (Lipinski definition) is 3. The fraction of sp³-hybridized carbons (Fsp3) is 0.391. The molecule has 0 saturated heterocycles. The number of hydrogen-bond acceptors (Lipinski definition) is 4. The molecule has 1 saturated carbocycles. The molecular weight excluding hydrogens is 362 g/mol. The normalized spacial score (nSPS) is 20.8. The zero-order chi connectivity index (χ0) is 20.8. The summed E-state index contributed by atoms with van der Waals surface area (Å²) in [5, 5.41) is 11.5. The van der Waals surface area contributed by atoms with Crippen molar-refractivity contribution in [2.75, 3.05) is 12.4 Å². The van der Waals surface area contributed by atoms with Crippen LogP contribution in [-0.4, -0.2) is 34.7 Å². The maximum Gasteiger partial charge on any atom is 0.252 e. The van der Waals surface area contributed by atoms with Gasteiger partial charge >= 0.3 is 0 Å². The number of nitrogens with two attached hydrogens (primary N) is 1. The van der Waals surface area contributed by atoms with Gasteiger partial charge in [0.25, 0.3) is 5.91 Å². The van der Waals surface area contributed by atoms with E-state index in [-0.39, 0.29) is 11.5 Å². The highest BCUT2D eigenvalue weighted by atomic mass is 16.1. The lowest BCUT2D eigenvalue weighted by molar-refractivity contribution is 0.100. The molecule has 1 aliphatic rings. The van der Waals surface area contributed by atoms with Crippen LogP contribution in [0.4, 0.5) is 5.69 Å². The largest absolute Gasteiger partial charge is 0.379 e. The van der Waals surface area contributed by atoms with Crippen molar-refractivity contribution in [2.45, 2.75) is 45.7 Å². The van der Waals surface area contributed by atoms with Crippen LogP contribution in [0.5, 0.6) is 0 Å².